The summed E-state index contributed by atoms with van der Waals surface area (Å²) in [6, 6.07) is 5.31. The van der Waals surface area contributed by atoms with E-state index in [9.17, 15) is 9.59 Å². The Labute approximate surface area is 97.9 Å². The molecule has 0 fully saturated rings. The molecule has 5 N–H and O–H groups in total. The standard InChI is InChI=1S/C11H13N3O3/c12-9(11(16)17)5-10(15)8-3-1-7(2-4-8)6-14-13/h1-4,6,9H,5,12-13H2,(H,16,17). The lowest BCUT2D eigenvalue weighted by atomic mass is 10.0. The molecule has 90 valence electrons. The van der Waals surface area contributed by atoms with Crippen LogP contribution in [0.4, 0.5) is 0 Å². The summed E-state index contributed by atoms with van der Waals surface area (Å²) in [7, 11) is 0. The Hall–Kier alpha value is -2.21. The van der Waals surface area contributed by atoms with E-state index in [0.29, 0.717) is 5.56 Å². The van der Waals surface area contributed by atoms with E-state index in [0.717, 1.165) is 5.56 Å². The second kappa shape index (κ2) is 5.76. The molecule has 0 aromatic heterocycles. The lowest BCUT2D eigenvalue weighted by Crippen LogP contribution is -2.32. The van der Waals surface area contributed by atoms with E-state index in [-0.39, 0.29) is 12.2 Å². The van der Waals surface area contributed by atoms with E-state index in [4.69, 9.17) is 16.7 Å². The summed E-state index contributed by atoms with van der Waals surface area (Å²) in [5.74, 6) is 3.48. The number of nitrogens with two attached hydrogens (primary N) is 2. The van der Waals surface area contributed by atoms with Crippen LogP contribution in [0.25, 0.3) is 0 Å². The summed E-state index contributed by atoms with van der Waals surface area (Å²) in [5, 5.41) is 11.9. The van der Waals surface area contributed by atoms with Gasteiger partial charge in [-0.1, -0.05) is 24.3 Å². The molecule has 1 aromatic rings. The van der Waals surface area contributed by atoms with Crippen LogP contribution in [0.3, 0.4) is 0 Å². The average Bonchev–Trinajstić information content (AvgIpc) is 2.30. The lowest BCUT2D eigenvalue weighted by molar-refractivity contribution is -0.138. The Balaban J connectivity index is 2.73. The highest BCUT2D eigenvalue weighted by molar-refractivity contribution is 5.99. The number of aliphatic carboxylic acids is 1. The number of carbonyl (C=O) groups is 2. The van der Waals surface area contributed by atoms with Crippen molar-refractivity contribution in [1.29, 1.82) is 0 Å². The zero-order valence-corrected chi connectivity index (χ0v) is 9.04. The van der Waals surface area contributed by atoms with Gasteiger partial charge in [0.05, 0.1) is 6.21 Å². The van der Waals surface area contributed by atoms with E-state index in [1.807, 2.05) is 0 Å². The van der Waals surface area contributed by atoms with Gasteiger partial charge in [-0.15, -0.1) is 0 Å². The van der Waals surface area contributed by atoms with E-state index in [1.165, 1.54) is 6.21 Å². The maximum atomic E-state index is 11.6. The minimum Gasteiger partial charge on any atom is -0.480 e. The first-order valence-electron chi connectivity index (χ1n) is 4.89. The molecule has 6 nitrogen and oxygen atoms in total. The molecule has 0 heterocycles. The van der Waals surface area contributed by atoms with Gasteiger partial charge in [0.15, 0.2) is 5.78 Å². The van der Waals surface area contributed by atoms with Gasteiger partial charge in [-0.25, -0.2) is 0 Å². The maximum absolute atomic E-state index is 11.6. The Morgan fingerprint density at radius 2 is 1.94 bits per heavy atom. The number of carboxylic acids is 1. The zero-order chi connectivity index (χ0) is 12.8. The predicted octanol–water partition coefficient (Wildman–Crippen LogP) is -0.0361. The van der Waals surface area contributed by atoms with Crippen molar-refractivity contribution in [1.82, 2.24) is 0 Å². The second-order valence-electron chi connectivity index (χ2n) is 3.47. The highest BCUT2D eigenvalue weighted by Crippen LogP contribution is 2.07. The molecule has 0 radical (unpaired) electrons. The zero-order valence-electron chi connectivity index (χ0n) is 9.04. The van der Waals surface area contributed by atoms with Crippen LogP contribution in [0.5, 0.6) is 0 Å². The van der Waals surface area contributed by atoms with Crippen LogP contribution in [-0.2, 0) is 4.79 Å². The minimum absolute atomic E-state index is 0.223. The normalized spacial score (nSPS) is 12.5. The maximum Gasteiger partial charge on any atom is 0.320 e. The quantitative estimate of drug-likeness (QED) is 0.286. The third-order valence-electron chi connectivity index (χ3n) is 2.18. The molecule has 17 heavy (non-hydrogen) atoms. The van der Waals surface area contributed by atoms with Crippen molar-refractivity contribution in [3.63, 3.8) is 0 Å². The Morgan fingerprint density at radius 1 is 1.35 bits per heavy atom. The van der Waals surface area contributed by atoms with E-state index >= 15 is 0 Å². The first kappa shape index (κ1) is 12.9. The summed E-state index contributed by atoms with van der Waals surface area (Å²) in [5.41, 5.74) is 6.44. The smallest absolute Gasteiger partial charge is 0.320 e. The number of hydrogen-bond acceptors (Lipinski definition) is 5. The molecule has 0 aliphatic carbocycles. The average molecular weight is 235 g/mol. The van der Waals surface area contributed by atoms with Gasteiger partial charge in [-0.05, 0) is 5.56 Å². The van der Waals surface area contributed by atoms with Gasteiger partial charge in [-0.2, -0.15) is 5.10 Å². The summed E-state index contributed by atoms with van der Waals surface area (Å²) >= 11 is 0. The summed E-state index contributed by atoms with van der Waals surface area (Å²) < 4.78 is 0. The third kappa shape index (κ3) is 3.69. The van der Waals surface area contributed by atoms with Crippen LogP contribution in [-0.4, -0.2) is 29.1 Å². The lowest BCUT2D eigenvalue weighted by Gasteiger charge is -2.05. The highest BCUT2D eigenvalue weighted by atomic mass is 16.4. The summed E-state index contributed by atoms with van der Waals surface area (Å²) in [6.45, 7) is 0. The van der Waals surface area contributed by atoms with Crippen molar-refractivity contribution in [2.45, 2.75) is 12.5 Å². The second-order valence-corrected chi connectivity index (χ2v) is 3.47. The summed E-state index contributed by atoms with van der Waals surface area (Å²) in [4.78, 5) is 22.1. The van der Waals surface area contributed by atoms with Gasteiger partial charge in [0.1, 0.15) is 6.04 Å². The number of carbonyl (C=O) groups excluding carboxylic acids is 1. The molecule has 0 saturated carbocycles. The predicted molar refractivity (Wildman–Crippen MR) is 62.8 cm³/mol. The molecule has 0 saturated heterocycles. The molecule has 1 atom stereocenters. The number of ketones is 1. The van der Waals surface area contributed by atoms with Gasteiger partial charge >= 0.3 is 5.97 Å². The number of carboxylic acid groups (broad SMARTS) is 1. The van der Waals surface area contributed by atoms with Crippen LogP contribution in [0, 0.1) is 0 Å². The SMILES string of the molecule is NN=Cc1ccc(C(=O)CC(N)C(=O)O)cc1. The number of hydrazone groups is 1. The molecule has 1 unspecified atom stereocenters. The monoisotopic (exact) mass is 235 g/mol. The largest absolute Gasteiger partial charge is 0.480 e. The molecule has 0 bridgehead atoms. The fourth-order valence-corrected chi connectivity index (χ4v) is 1.25. The highest BCUT2D eigenvalue weighted by Gasteiger charge is 2.17. The fourth-order valence-electron chi connectivity index (χ4n) is 1.25. The number of nitrogens with zero attached hydrogens (tertiary/aromatic N) is 1. The van der Waals surface area contributed by atoms with E-state index < -0.39 is 12.0 Å². The van der Waals surface area contributed by atoms with Gasteiger partial charge < -0.3 is 16.7 Å². The minimum atomic E-state index is -1.19. The van der Waals surface area contributed by atoms with E-state index in [1.54, 1.807) is 24.3 Å². The van der Waals surface area contributed by atoms with Crippen molar-refractivity contribution >= 4 is 18.0 Å². The number of hydrogen-bond donors (Lipinski definition) is 3. The molecule has 0 aliphatic heterocycles. The Bertz CT molecular complexity index is 440. The van der Waals surface area contributed by atoms with Gasteiger partial charge in [0, 0.05) is 12.0 Å². The molecule has 1 rings (SSSR count). The molecule has 1 aromatic carbocycles. The van der Waals surface area contributed by atoms with Crippen LogP contribution >= 0.6 is 0 Å². The van der Waals surface area contributed by atoms with Crippen LogP contribution in [0.1, 0.15) is 22.3 Å². The molecule has 6 heteroatoms. The topological polar surface area (TPSA) is 119 Å². The van der Waals surface area contributed by atoms with Crippen molar-refractivity contribution in [3.05, 3.63) is 35.4 Å². The van der Waals surface area contributed by atoms with Crippen LogP contribution in [0.15, 0.2) is 29.4 Å². The van der Waals surface area contributed by atoms with Crippen molar-refractivity contribution in [3.8, 4) is 0 Å². The molecule has 0 aliphatic rings. The first-order valence-corrected chi connectivity index (χ1v) is 4.89. The number of benzene rings is 1. The van der Waals surface area contributed by atoms with Gasteiger partial charge in [-0.3, -0.25) is 9.59 Å². The van der Waals surface area contributed by atoms with E-state index in [2.05, 4.69) is 5.10 Å². The van der Waals surface area contributed by atoms with Crippen LogP contribution < -0.4 is 11.6 Å². The van der Waals surface area contributed by atoms with Crippen molar-refractivity contribution < 1.29 is 14.7 Å². The number of rotatable bonds is 5. The summed E-state index contributed by atoms with van der Waals surface area (Å²) in [6.07, 6.45) is 1.22. The molecule has 0 amide bonds. The van der Waals surface area contributed by atoms with Gasteiger partial charge in [0.2, 0.25) is 0 Å². The van der Waals surface area contributed by atoms with Gasteiger partial charge in [0.25, 0.3) is 0 Å². The molecule has 0 spiro atoms. The first-order chi connectivity index (χ1) is 8.04. The molecular weight excluding hydrogens is 222 g/mol. The Morgan fingerprint density at radius 3 is 2.41 bits per heavy atom. The van der Waals surface area contributed by atoms with Crippen molar-refractivity contribution in [2.24, 2.45) is 16.7 Å². The number of Topliss-reactive ketones (excluding diaryl/α,β-unsaturated/α-hetero) is 1. The van der Waals surface area contributed by atoms with Crippen molar-refractivity contribution in [2.75, 3.05) is 0 Å². The fraction of sp³-hybridized carbons (Fsp3) is 0.182. The van der Waals surface area contributed by atoms with Crippen LogP contribution in [0.2, 0.25) is 0 Å². The third-order valence-corrected chi connectivity index (χ3v) is 2.18. The molecular formula is C11H13N3O3. The Kier molecular flexibility index (Phi) is 4.36.